The molecule has 1 amide bonds. The quantitative estimate of drug-likeness (QED) is 0.855. The highest BCUT2D eigenvalue weighted by Gasteiger charge is 2.37. The Morgan fingerprint density at radius 2 is 1.95 bits per heavy atom. The van der Waals surface area contributed by atoms with Crippen LogP contribution in [0.1, 0.15) is 29.9 Å². The Hall–Kier alpha value is -1.57. The summed E-state index contributed by atoms with van der Waals surface area (Å²) in [6.07, 6.45) is -3.71. The molecule has 1 aliphatic rings. The lowest BCUT2D eigenvalue weighted by Gasteiger charge is -2.34. The molecule has 0 spiro atoms. The van der Waals surface area contributed by atoms with Gasteiger partial charge in [-0.3, -0.25) is 4.79 Å². The first-order valence-corrected chi connectivity index (χ1v) is 7.13. The van der Waals surface area contributed by atoms with Gasteiger partial charge in [-0.15, -0.1) is 0 Å². The van der Waals surface area contributed by atoms with Crippen molar-refractivity contribution in [2.24, 2.45) is 0 Å². The molecule has 5 nitrogen and oxygen atoms in total. The average molecular weight is 320 g/mol. The van der Waals surface area contributed by atoms with E-state index in [0.29, 0.717) is 43.1 Å². The van der Waals surface area contributed by atoms with E-state index in [1.807, 2.05) is 0 Å². The second-order valence-electron chi connectivity index (χ2n) is 5.46. The third-order valence-corrected chi connectivity index (χ3v) is 3.81. The number of aromatic nitrogens is 1. The number of hydrogen-bond donors (Lipinski definition) is 0. The van der Waals surface area contributed by atoms with Crippen molar-refractivity contribution >= 4 is 5.91 Å². The highest BCUT2D eigenvalue weighted by Crippen LogP contribution is 2.24. The summed E-state index contributed by atoms with van der Waals surface area (Å²) in [5.41, 5.74) is 1.09. The first kappa shape index (κ1) is 16.8. The van der Waals surface area contributed by atoms with Crippen molar-refractivity contribution in [3.8, 4) is 0 Å². The normalized spacial score (nSPS) is 16.8. The minimum atomic E-state index is -4.42. The predicted octanol–water partition coefficient (Wildman–Crippen LogP) is 2.40. The van der Waals surface area contributed by atoms with E-state index in [2.05, 4.69) is 5.16 Å². The van der Waals surface area contributed by atoms with Gasteiger partial charge in [0, 0.05) is 24.8 Å². The van der Waals surface area contributed by atoms with Crippen LogP contribution in [-0.2, 0) is 16.0 Å². The van der Waals surface area contributed by atoms with Crippen molar-refractivity contribution in [2.75, 3.05) is 19.8 Å². The maximum atomic E-state index is 12.8. The van der Waals surface area contributed by atoms with Crippen LogP contribution in [0.25, 0.3) is 0 Å². The fourth-order valence-corrected chi connectivity index (χ4v) is 2.62. The van der Waals surface area contributed by atoms with Crippen molar-refractivity contribution in [1.82, 2.24) is 10.1 Å². The Kier molecular flexibility index (Phi) is 5.10. The Bertz CT molecular complexity index is 502. The topological polar surface area (TPSA) is 55.6 Å². The molecule has 22 heavy (non-hydrogen) atoms. The van der Waals surface area contributed by atoms with Gasteiger partial charge in [-0.2, -0.15) is 13.2 Å². The predicted molar refractivity (Wildman–Crippen MR) is 71.3 cm³/mol. The molecule has 0 atom stereocenters. The maximum Gasteiger partial charge on any atom is 0.406 e. The van der Waals surface area contributed by atoms with Crippen LogP contribution in [0.2, 0.25) is 0 Å². The van der Waals surface area contributed by atoms with Gasteiger partial charge < -0.3 is 14.2 Å². The molecule has 1 saturated heterocycles. The number of rotatable bonds is 4. The second-order valence-corrected chi connectivity index (χ2v) is 5.46. The Balaban J connectivity index is 2.14. The molecule has 1 aromatic heterocycles. The lowest BCUT2D eigenvalue weighted by atomic mass is 10.0. The van der Waals surface area contributed by atoms with Gasteiger partial charge in [0.15, 0.2) is 0 Å². The zero-order valence-corrected chi connectivity index (χ0v) is 12.6. The molecule has 1 aliphatic heterocycles. The van der Waals surface area contributed by atoms with Gasteiger partial charge in [0.25, 0.3) is 0 Å². The summed E-state index contributed by atoms with van der Waals surface area (Å²) in [6.45, 7) is 2.82. The van der Waals surface area contributed by atoms with Gasteiger partial charge >= 0.3 is 6.18 Å². The number of ether oxygens (including phenoxy) is 1. The summed E-state index contributed by atoms with van der Waals surface area (Å²) >= 11 is 0. The zero-order chi connectivity index (χ0) is 16.3. The van der Waals surface area contributed by atoms with Gasteiger partial charge in [-0.05, 0) is 26.7 Å². The Morgan fingerprint density at radius 3 is 2.45 bits per heavy atom. The molecule has 1 aromatic rings. The fraction of sp³-hybridized carbons (Fsp3) is 0.714. The molecule has 2 heterocycles. The first-order valence-electron chi connectivity index (χ1n) is 7.13. The van der Waals surface area contributed by atoms with Crippen molar-refractivity contribution in [3.05, 3.63) is 17.0 Å². The smallest absolute Gasteiger partial charge is 0.381 e. The van der Waals surface area contributed by atoms with Crippen molar-refractivity contribution in [3.63, 3.8) is 0 Å². The number of carbonyl (C=O) groups excluding carboxylic acids is 1. The molecule has 0 aliphatic carbocycles. The van der Waals surface area contributed by atoms with Crippen LogP contribution in [0.4, 0.5) is 13.2 Å². The monoisotopic (exact) mass is 320 g/mol. The average Bonchev–Trinajstić information content (AvgIpc) is 2.76. The summed E-state index contributed by atoms with van der Waals surface area (Å²) in [5.74, 6) is -0.0941. The maximum absolute atomic E-state index is 12.8. The lowest BCUT2D eigenvalue weighted by Crippen LogP contribution is -2.48. The molecule has 8 heteroatoms. The molecule has 0 aromatic carbocycles. The number of hydrogen-bond acceptors (Lipinski definition) is 4. The number of carbonyl (C=O) groups is 1. The molecule has 124 valence electrons. The standard InChI is InChI=1S/C14H19F3N2O3/c1-9-12(10(2)22-18-9)7-13(20)19(8-14(15,16)17)11-3-5-21-6-4-11/h11H,3-8H2,1-2H3. The Morgan fingerprint density at radius 1 is 1.32 bits per heavy atom. The van der Waals surface area contributed by atoms with Crippen LogP contribution < -0.4 is 0 Å². The van der Waals surface area contributed by atoms with Crippen LogP contribution in [0.15, 0.2) is 4.52 Å². The number of nitrogens with zero attached hydrogens (tertiary/aromatic N) is 2. The Labute approximate surface area is 126 Å². The van der Waals surface area contributed by atoms with Gasteiger partial charge in [-0.1, -0.05) is 5.16 Å². The van der Waals surface area contributed by atoms with E-state index in [-0.39, 0.29) is 6.42 Å². The van der Waals surface area contributed by atoms with E-state index in [9.17, 15) is 18.0 Å². The molecule has 0 radical (unpaired) electrons. The van der Waals surface area contributed by atoms with Crippen LogP contribution in [0, 0.1) is 13.8 Å². The molecule has 2 rings (SSSR count). The highest BCUT2D eigenvalue weighted by atomic mass is 19.4. The number of amides is 1. The number of alkyl halides is 3. The SMILES string of the molecule is Cc1noc(C)c1CC(=O)N(CC(F)(F)F)C1CCOCC1. The van der Waals surface area contributed by atoms with Crippen LogP contribution >= 0.6 is 0 Å². The van der Waals surface area contributed by atoms with E-state index in [0.717, 1.165) is 4.90 Å². The number of halogens is 3. The van der Waals surface area contributed by atoms with Crippen molar-refractivity contribution < 1.29 is 27.2 Å². The summed E-state index contributed by atoms with van der Waals surface area (Å²) in [7, 11) is 0. The summed E-state index contributed by atoms with van der Waals surface area (Å²) in [6, 6.07) is -0.441. The lowest BCUT2D eigenvalue weighted by molar-refractivity contribution is -0.168. The van der Waals surface area contributed by atoms with Gasteiger partial charge in [-0.25, -0.2) is 0 Å². The van der Waals surface area contributed by atoms with E-state index in [1.54, 1.807) is 13.8 Å². The van der Waals surface area contributed by atoms with Gasteiger partial charge in [0.05, 0.1) is 12.1 Å². The molecule has 0 N–H and O–H groups in total. The molecule has 0 bridgehead atoms. The van der Waals surface area contributed by atoms with Crippen molar-refractivity contribution in [1.29, 1.82) is 0 Å². The van der Waals surface area contributed by atoms with Crippen LogP contribution in [-0.4, -0.2) is 47.9 Å². The largest absolute Gasteiger partial charge is 0.406 e. The summed E-state index contributed by atoms with van der Waals surface area (Å²) in [5, 5.41) is 3.73. The molecule has 0 unspecified atom stereocenters. The summed E-state index contributed by atoms with van der Waals surface area (Å²) < 4.78 is 48.5. The molecule has 1 fully saturated rings. The minimum Gasteiger partial charge on any atom is -0.381 e. The number of aryl methyl sites for hydroxylation is 2. The second kappa shape index (κ2) is 6.68. The third-order valence-electron chi connectivity index (χ3n) is 3.81. The van der Waals surface area contributed by atoms with Gasteiger partial charge in [0.1, 0.15) is 12.3 Å². The van der Waals surface area contributed by atoms with E-state index >= 15 is 0 Å². The van der Waals surface area contributed by atoms with E-state index in [1.165, 1.54) is 0 Å². The zero-order valence-electron chi connectivity index (χ0n) is 12.6. The molecule has 0 saturated carbocycles. The van der Waals surface area contributed by atoms with Crippen LogP contribution in [0.5, 0.6) is 0 Å². The van der Waals surface area contributed by atoms with Crippen LogP contribution in [0.3, 0.4) is 0 Å². The highest BCUT2D eigenvalue weighted by molar-refractivity contribution is 5.79. The molecular formula is C14H19F3N2O3. The van der Waals surface area contributed by atoms with E-state index < -0.39 is 24.7 Å². The molecular weight excluding hydrogens is 301 g/mol. The summed E-state index contributed by atoms with van der Waals surface area (Å²) in [4.78, 5) is 13.3. The third kappa shape index (κ3) is 4.22. The van der Waals surface area contributed by atoms with Crippen molar-refractivity contribution in [2.45, 2.75) is 45.3 Å². The van der Waals surface area contributed by atoms with E-state index in [4.69, 9.17) is 9.26 Å². The minimum absolute atomic E-state index is 0.130. The first-order chi connectivity index (χ1) is 10.3. The van der Waals surface area contributed by atoms with Gasteiger partial charge in [0.2, 0.25) is 5.91 Å². The fourth-order valence-electron chi connectivity index (χ4n) is 2.62.